The number of likely N-dealkylation sites (N-methyl/N-ethyl adjacent to an activating group) is 1. The van der Waals surface area contributed by atoms with Crippen LogP contribution in [-0.4, -0.2) is 12.0 Å². The third-order valence-corrected chi connectivity index (χ3v) is 4.60. The van der Waals surface area contributed by atoms with Gasteiger partial charge in [-0.2, -0.15) is 0 Å². The lowest BCUT2D eigenvalue weighted by Crippen LogP contribution is -2.18. The van der Waals surface area contributed by atoms with Gasteiger partial charge in [-0.05, 0) is 40.7 Å². The molecule has 17 heavy (non-hydrogen) atoms. The maximum atomic E-state index is 6.00. The molecule has 1 aromatic carbocycles. The molecular formula is C12H12BrClN2S. The van der Waals surface area contributed by atoms with Crippen molar-refractivity contribution in [3.8, 4) is 0 Å². The van der Waals surface area contributed by atoms with E-state index in [0.717, 1.165) is 15.9 Å². The van der Waals surface area contributed by atoms with Gasteiger partial charge in [-0.15, -0.1) is 11.3 Å². The molecule has 1 heterocycles. The quantitative estimate of drug-likeness (QED) is 0.914. The van der Waals surface area contributed by atoms with E-state index in [2.05, 4.69) is 38.4 Å². The van der Waals surface area contributed by atoms with Crippen molar-refractivity contribution in [1.82, 2.24) is 10.3 Å². The Hall–Kier alpha value is -0.420. The number of nitrogens with zero attached hydrogens (tertiary/aromatic N) is 1. The highest BCUT2D eigenvalue weighted by Crippen LogP contribution is 2.27. The van der Waals surface area contributed by atoms with E-state index in [9.17, 15) is 0 Å². The molecule has 5 heteroatoms. The van der Waals surface area contributed by atoms with Crippen LogP contribution in [0.2, 0.25) is 5.02 Å². The summed E-state index contributed by atoms with van der Waals surface area (Å²) >= 11 is 11.1. The first-order valence-corrected chi connectivity index (χ1v) is 7.25. The van der Waals surface area contributed by atoms with Crippen LogP contribution in [-0.2, 0) is 6.42 Å². The fourth-order valence-electron chi connectivity index (χ4n) is 1.66. The van der Waals surface area contributed by atoms with Gasteiger partial charge in [-0.3, -0.25) is 4.98 Å². The zero-order valence-electron chi connectivity index (χ0n) is 9.28. The number of thiazole rings is 1. The van der Waals surface area contributed by atoms with Gasteiger partial charge in [-0.25, -0.2) is 0 Å². The lowest BCUT2D eigenvalue weighted by molar-refractivity contribution is 0.596. The Morgan fingerprint density at radius 2 is 2.35 bits per heavy atom. The van der Waals surface area contributed by atoms with E-state index in [0.29, 0.717) is 0 Å². The maximum absolute atomic E-state index is 6.00. The van der Waals surface area contributed by atoms with Gasteiger partial charge < -0.3 is 5.32 Å². The third kappa shape index (κ3) is 3.28. The molecule has 0 aliphatic carbocycles. The molecule has 0 radical (unpaired) electrons. The number of nitrogens with one attached hydrogen (secondary N) is 1. The monoisotopic (exact) mass is 330 g/mol. The number of hydrogen-bond donors (Lipinski definition) is 1. The van der Waals surface area contributed by atoms with Gasteiger partial charge in [0.05, 0.1) is 10.5 Å². The van der Waals surface area contributed by atoms with Crippen molar-refractivity contribution in [2.75, 3.05) is 7.05 Å². The molecule has 0 aliphatic heterocycles. The number of hydrogen-bond acceptors (Lipinski definition) is 3. The first-order chi connectivity index (χ1) is 8.20. The minimum Gasteiger partial charge on any atom is -0.313 e. The highest BCUT2D eigenvalue weighted by atomic mass is 79.9. The highest BCUT2D eigenvalue weighted by Gasteiger charge is 2.12. The van der Waals surface area contributed by atoms with Crippen LogP contribution in [0.5, 0.6) is 0 Å². The molecule has 1 atom stereocenters. The van der Waals surface area contributed by atoms with E-state index in [1.807, 2.05) is 24.8 Å². The summed E-state index contributed by atoms with van der Waals surface area (Å²) in [5.41, 5.74) is 3.08. The van der Waals surface area contributed by atoms with Crippen LogP contribution < -0.4 is 5.32 Å². The van der Waals surface area contributed by atoms with Gasteiger partial charge in [0.1, 0.15) is 0 Å². The Balaban J connectivity index is 2.20. The van der Waals surface area contributed by atoms with Crippen LogP contribution in [0.3, 0.4) is 0 Å². The van der Waals surface area contributed by atoms with Crippen LogP contribution >= 0.6 is 38.9 Å². The summed E-state index contributed by atoms with van der Waals surface area (Å²) in [7, 11) is 1.97. The van der Waals surface area contributed by atoms with Gasteiger partial charge in [-0.1, -0.05) is 17.7 Å². The van der Waals surface area contributed by atoms with Crippen molar-refractivity contribution in [1.29, 1.82) is 0 Å². The van der Waals surface area contributed by atoms with Crippen LogP contribution in [0.25, 0.3) is 0 Å². The van der Waals surface area contributed by atoms with E-state index in [1.54, 1.807) is 11.3 Å². The molecule has 2 rings (SSSR count). The number of benzene rings is 1. The SMILES string of the molecule is CNC(Cc1cncs1)c1ccc(Cl)c(Br)c1. The number of halogens is 2. The fraction of sp³-hybridized carbons (Fsp3) is 0.250. The Kier molecular flexibility index (Phi) is 4.56. The first kappa shape index (κ1) is 13.0. The summed E-state index contributed by atoms with van der Waals surface area (Å²) in [5.74, 6) is 0. The van der Waals surface area contributed by atoms with Crippen molar-refractivity contribution in [2.24, 2.45) is 0 Å². The molecule has 0 spiro atoms. The summed E-state index contributed by atoms with van der Waals surface area (Å²) < 4.78 is 0.932. The second-order valence-electron chi connectivity index (χ2n) is 3.69. The molecular weight excluding hydrogens is 320 g/mol. The Morgan fingerprint density at radius 3 is 2.94 bits per heavy atom. The lowest BCUT2D eigenvalue weighted by Gasteiger charge is -2.16. The third-order valence-electron chi connectivity index (χ3n) is 2.58. The molecule has 90 valence electrons. The highest BCUT2D eigenvalue weighted by molar-refractivity contribution is 9.10. The smallest absolute Gasteiger partial charge is 0.0794 e. The van der Waals surface area contributed by atoms with Crippen molar-refractivity contribution in [3.63, 3.8) is 0 Å². The summed E-state index contributed by atoms with van der Waals surface area (Å²) in [6, 6.07) is 6.31. The molecule has 2 nitrogen and oxygen atoms in total. The molecule has 0 bridgehead atoms. The maximum Gasteiger partial charge on any atom is 0.0794 e. The molecule has 0 saturated carbocycles. The van der Waals surface area contributed by atoms with Crippen molar-refractivity contribution in [2.45, 2.75) is 12.5 Å². The van der Waals surface area contributed by atoms with Gasteiger partial charge in [0.15, 0.2) is 0 Å². The van der Waals surface area contributed by atoms with Gasteiger partial charge in [0.2, 0.25) is 0 Å². The molecule has 1 N–H and O–H groups in total. The molecule has 0 aliphatic rings. The van der Waals surface area contributed by atoms with E-state index in [4.69, 9.17) is 11.6 Å². The largest absolute Gasteiger partial charge is 0.313 e. The van der Waals surface area contributed by atoms with Gasteiger partial charge in [0, 0.05) is 28.0 Å². The normalized spacial score (nSPS) is 12.6. The second kappa shape index (κ2) is 5.96. The van der Waals surface area contributed by atoms with E-state index in [1.165, 1.54) is 10.4 Å². The topological polar surface area (TPSA) is 24.9 Å². The summed E-state index contributed by atoms with van der Waals surface area (Å²) in [6.45, 7) is 0. The first-order valence-electron chi connectivity index (χ1n) is 5.20. The van der Waals surface area contributed by atoms with Crippen LogP contribution in [0, 0.1) is 0 Å². The molecule has 1 aromatic heterocycles. The van der Waals surface area contributed by atoms with E-state index < -0.39 is 0 Å². The predicted molar refractivity (Wildman–Crippen MR) is 76.8 cm³/mol. The van der Waals surface area contributed by atoms with E-state index >= 15 is 0 Å². The molecule has 0 saturated heterocycles. The molecule has 2 aromatic rings. The lowest BCUT2D eigenvalue weighted by atomic mass is 10.0. The Bertz CT molecular complexity index is 487. The molecule has 0 amide bonds. The Morgan fingerprint density at radius 1 is 1.53 bits per heavy atom. The summed E-state index contributed by atoms with van der Waals surface area (Å²) in [4.78, 5) is 5.37. The number of rotatable bonds is 4. The van der Waals surface area contributed by atoms with Gasteiger partial charge >= 0.3 is 0 Å². The van der Waals surface area contributed by atoms with Crippen molar-refractivity contribution in [3.05, 3.63) is 49.8 Å². The zero-order valence-corrected chi connectivity index (χ0v) is 12.4. The van der Waals surface area contributed by atoms with Crippen LogP contribution in [0.1, 0.15) is 16.5 Å². The predicted octanol–water partition coefficient (Wildman–Crippen LogP) is 4.06. The van der Waals surface area contributed by atoms with Crippen LogP contribution in [0.15, 0.2) is 34.4 Å². The second-order valence-corrected chi connectivity index (χ2v) is 5.92. The minimum absolute atomic E-state index is 0.281. The minimum atomic E-state index is 0.281. The van der Waals surface area contributed by atoms with Crippen molar-refractivity contribution >= 4 is 38.9 Å². The molecule has 0 fully saturated rings. The standard InChI is InChI=1S/C12H12BrClN2S/c1-15-12(5-9-6-16-7-17-9)8-2-3-11(14)10(13)4-8/h2-4,6-7,12,15H,5H2,1H3. The molecule has 1 unspecified atom stereocenters. The number of aromatic nitrogens is 1. The Labute approximate surface area is 118 Å². The van der Waals surface area contributed by atoms with Gasteiger partial charge in [0.25, 0.3) is 0 Å². The van der Waals surface area contributed by atoms with Crippen molar-refractivity contribution < 1.29 is 0 Å². The van der Waals surface area contributed by atoms with Crippen LogP contribution in [0.4, 0.5) is 0 Å². The average Bonchev–Trinajstić information content (AvgIpc) is 2.82. The fourth-order valence-corrected chi connectivity index (χ4v) is 2.82. The summed E-state index contributed by atoms with van der Waals surface area (Å²) in [5, 5.41) is 4.06. The van der Waals surface area contributed by atoms with E-state index in [-0.39, 0.29) is 6.04 Å². The average molecular weight is 332 g/mol. The zero-order chi connectivity index (χ0) is 12.3. The summed E-state index contributed by atoms with van der Waals surface area (Å²) in [6.07, 6.45) is 2.86.